The smallest absolute Gasteiger partial charge is 0.234 e. The fraction of sp³-hybridized carbons (Fsp3) is 0.533. The van der Waals surface area contributed by atoms with Gasteiger partial charge in [-0.2, -0.15) is 0 Å². The molecule has 0 fully saturated rings. The van der Waals surface area contributed by atoms with E-state index in [1.54, 1.807) is 18.9 Å². The Morgan fingerprint density at radius 2 is 1.95 bits per heavy atom. The van der Waals surface area contributed by atoms with Gasteiger partial charge in [-0.1, -0.05) is 18.2 Å². The number of likely N-dealkylation sites (N-methyl/N-ethyl adjacent to an activating group) is 1. The van der Waals surface area contributed by atoms with Gasteiger partial charge in [0.2, 0.25) is 5.91 Å². The molecule has 0 radical (unpaired) electrons. The van der Waals surface area contributed by atoms with Gasteiger partial charge in [0, 0.05) is 6.54 Å². The molecular weight excluding hydrogens is 256 g/mol. The summed E-state index contributed by atoms with van der Waals surface area (Å²) in [5.41, 5.74) is 7.30. The molecule has 3 N–H and O–H groups in total. The highest BCUT2D eigenvalue weighted by molar-refractivity contribution is 5.79. The molecule has 1 unspecified atom stereocenters. The summed E-state index contributed by atoms with van der Waals surface area (Å²) in [5, 5.41) is 9.97. The Bertz CT molecular complexity index is 442. The zero-order valence-corrected chi connectivity index (χ0v) is 12.6. The maximum atomic E-state index is 11.1. The summed E-state index contributed by atoms with van der Waals surface area (Å²) in [4.78, 5) is 12.8. The summed E-state index contributed by atoms with van der Waals surface area (Å²) in [5.74, 6) is 0.396. The zero-order valence-electron chi connectivity index (χ0n) is 12.6. The van der Waals surface area contributed by atoms with Gasteiger partial charge in [0.05, 0.1) is 6.04 Å². The van der Waals surface area contributed by atoms with Gasteiger partial charge in [-0.3, -0.25) is 9.69 Å². The molecule has 1 amide bonds. The summed E-state index contributed by atoms with van der Waals surface area (Å²) in [6.07, 6.45) is -0.680. The van der Waals surface area contributed by atoms with E-state index in [2.05, 4.69) is 0 Å². The van der Waals surface area contributed by atoms with Gasteiger partial charge in [0.25, 0.3) is 0 Å². The molecule has 0 aromatic heterocycles. The molecule has 5 nitrogen and oxygen atoms in total. The maximum Gasteiger partial charge on any atom is 0.234 e. The molecule has 0 bridgehead atoms. The highest BCUT2D eigenvalue weighted by atomic mass is 16.5. The number of hydrogen-bond donors (Lipinski definition) is 2. The number of carbonyl (C=O) groups is 1. The molecule has 112 valence electrons. The third-order valence-electron chi connectivity index (χ3n) is 3.40. The third-order valence-corrected chi connectivity index (χ3v) is 3.40. The highest BCUT2D eigenvalue weighted by Crippen LogP contribution is 2.22. The molecule has 0 aliphatic carbocycles. The zero-order chi connectivity index (χ0) is 15.3. The van der Waals surface area contributed by atoms with Gasteiger partial charge in [0.15, 0.2) is 0 Å². The molecule has 20 heavy (non-hydrogen) atoms. The predicted octanol–water partition coefficient (Wildman–Crippen LogP) is 0.849. The summed E-state index contributed by atoms with van der Waals surface area (Å²) < 4.78 is 5.68. The second-order valence-electron chi connectivity index (χ2n) is 5.20. The van der Waals surface area contributed by atoms with E-state index < -0.39 is 18.1 Å². The van der Waals surface area contributed by atoms with Gasteiger partial charge >= 0.3 is 0 Å². The van der Waals surface area contributed by atoms with Crippen molar-refractivity contribution >= 4 is 5.91 Å². The molecule has 0 heterocycles. The van der Waals surface area contributed by atoms with Crippen molar-refractivity contribution in [2.24, 2.45) is 5.73 Å². The number of nitrogens with two attached hydrogens (primary N) is 1. The van der Waals surface area contributed by atoms with Crippen molar-refractivity contribution in [2.45, 2.75) is 32.9 Å². The van der Waals surface area contributed by atoms with Crippen LogP contribution in [0.2, 0.25) is 0 Å². The quantitative estimate of drug-likeness (QED) is 0.776. The van der Waals surface area contributed by atoms with E-state index in [9.17, 15) is 9.90 Å². The molecule has 0 saturated carbocycles. The van der Waals surface area contributed by atoms with Crippen LogP contribution < -0.4 is 10.5 Å². The average molecular weight is 280 g/mol. The van der Waals surface area contributed by atoms with E-state index in [0.717, 1.165) is 16.9 Å². The number of benzene rings is 1. The lowest BCUT2D eigenvalue weighted by Crippen LogP contribution is -2.44. The van der Waals surface area contributed by atoms with E-state index in [1.807, 2.05) is 32.0 Å². The van der Waals surface area contributed by atoms with Crippen LogP contribution in [-0.4, -0.2) is 48.3 Å². The lowest BCUT2D eigenvalue weighted by atomic mass is 10.1. The van der Waals surface area contributed by atoms with Gasteiger partial charge in [-0.05, 0) is 38.9 Å². The van der Waals surface area contributed by atoms with E-state index in [4.69, 9.17) is 10.5 Å². The Kier molecular flexibility index (Phi) is 5.98. The molecule has 0 saturated heterocycles. The first-order chi connectivity index (χ1) is 9.32. The van der Waals surface area contributed by atoms with Gasteiger partial charge in [0.1, 0.15) is 18.5 Å². The highest BCUT2D eigenvalue weighted by Gasteiger charge is 2.18. The standard InChI is InChI=1S/C15H24N2O3/c1-10-6-5-7-11(2)14(10)20-9-13(18)8-17(4)12(3)15(16)19/h5-7,12-13,18H,8-9H2,1-4H3,(H2,16,19)/t12-,13?/m1/s1. The Morgan fingerprint density at radius 1 is 1.40 bits per heavy atom. The number of aryl methyl sites for hydroxylation is 2. The first kappa shape index (κ1) is 16.5. The number of rotatable bonds is 7. The molecule has 1 aromatic carbocycles. The lowest BCUT2D eigenvalue weighted by molar-refractivity contribution is -0.122. The molecule has 1 rings (SSSR count). The molecule has 0 spiro atoms. The van der Waals surface area contributed by atoms with Crippen molar-refractivity contribution < 1.29 is 14.6 Å². The van der Waals surface area contributed by atoms with Crippen LogP contribution in [-0.2, 0) is 4.79 Å². The number of nitrogens with zero attached hydrogens (tertiary/aromatic N) is 1. The minimum atomic E-state index is -0.680. The SMILES string of the molecule is Cc1cccc(C)c1OCC(O)CN(C)[C@H](C)C(N)=O. The first-order valence-corrected chi connectivity index (χ1v) is 6.69. The summed E-state index contributed by atoms with van der Waals surface area (Å²) in [6.45, 7) is 6.16. The van der Waals surface area contributed by atoms with Crippen molar-refractivity contribution in [3.05, 3.63) is 29.3 Å². The molecular formula is C15H24N2O3. The summed E-state index contributed by atoms with van der Waals surface area (Å²) in [7, 11) is 1.75. The fourth-order valence-corrected chi connectivity index (χ4v) is 1.97. The number of primary amides is 1. The Morgan fingerprint density at radius 3 is 2.45 bits per heavy atom. The third kappa shape index (κ3) is 4.51. The van der Waals surface area contributed by atoms with Crippen LogP contribution >= 0.6 is 0 Å². The minimum absolute atomic E-state index is 0.182. The monoisotopic (exact) mass is 280 g/mol. The molecule has 1 aromatic rings. The van der Waals surface area contributed by atoms with E-state index in [1.165, 1.54) is 0 Å². The number of hydrogen-bond acceptors (Lipinski definition) is 4. The van der Waals surface area contributed by atoms with Crippen LogP contribution in [0.5, 0.6) is 5.75 Å². The number of ether oxygens (including phenoxy) is 1. The van der Waals surface area contributed by atoms with Crippen molar-refractivity contribution in [1.82, 2.24) is 4.90 Å². The minimum Gasteiger partial charge on any atom is -0.490 e. The van der Waals surface area contributed by atoms with Crippen LogP contribution in [0.25, 0.3) is 0 Å². The lowest BCUT2D eigenvalue weighted by Gasteiger charge is -2.25. The number of para-hydroxylation sites is 1. The molecule has 2 atom stereocenters. The van der Waals surface area contributed by atoms with Crippen LogP contribution in [0.15, 0.2) is 18.2 Å². The van der Waals surface area contributed by atoms with Crippen molar-refractivity contribution in [1.29, 1.82) is 0 Å². The Labute approximate surface area is 120 Å². The van der Waals surface area contributed by atoms with Crippen molar-refractivity contribution in [3.63, 3.8) is 0 Å². The second kappa shape index (κ2) is 7.26. The fourth-order valence-electron chi connectivity index (χ4n) is 1.97. The Balaban J connectivity index is 2.51. The predicted molar refractivity (Wildman–Crippen MR) is 78.7 cm³/mol. The van der Waals surface area contributed by atoms with Gasteiger partial charge < -0.3 is 15.6 Å². The number of carbonyl (C=O) groups excluding carboxylic acids is 1. The van der Waals surface area contributed by atoms with Crippen LogP contribution in [0.4, 0.5) is 0 Å². The molecule has 0 aliphatic heterocycles. The van der Waals surface area contributed by atoms with E-state index in [-0.39, 0.29) is 6.61 Å². The normalized spacial score (nSPS) is 14.1. The van der Waals surface area contributed by atoms with Gasteiger partial charge in [-0.15, -0.1) is 0 Å². The topological polar surface area (TPSA) is 75.8 Å². The van der Waals surface area contributed by atoms with E-state index >= 15 is 0 Å². The number of amides is 1. The number of aliphatic hydroxyl groups is 1. The maximum absolute atomic E-state index is 11.1. The summed E-state index contributed by atoms with van der Waals surface area (Å²) >= 11 is 0. The second-order valence-corrected chi connectivity index (χ2v) is 5.20. The van der Waals surface area contributed by atoms with Crippen LogP contribution in [0.1, 0.15) is 18.1 Å². The average Bonchev–Trinajstić information content (AvgIpc) is 2.36. The molecule has 5 heteroatoms. The van der Waals surface area contributed by atoms with Crippen molar-refractivity contribution in [2.75, 3.05) is 20.2 Å². The Hall–Kier alpha value is -1.59. The van der Waals surface area contributed by atoms with Gasteiger partial charge in [-0.25, -0.2) is 0 Å². The van der Waals surface area contributed by atoms with Crippen LogP contribution in [0, 0.1) is 13.8 Å². The largest absolute Gasteiger partial charge is 0.490 e. The van der Waals surface area contributed by atoms with Crippen LogP contribution in [0.3, 0.4) is 0 Å². The summed E-state index contributed by atoms with van der Waals surface area (Å²) in [6, 6.07) is 5.49. The first-order valence-electron chi connectivity index (χ1n) is 6.69. The molecule has 0 aliphatic rings. The number of aliphatic hydroxyl groups excluding tert-OH is 1. The van der Waals surface area contributed by atoms with Crippen molar-refractivity contribution in [3.8, 4) is 5.75 Å². The van der Waals surface area contributed by atoms with E-state index in [0.29, 0.717) is 6.54 Å².